The standard InChI is InChI=1S/C12H15N5O3S/c1-9(12(18)13-2)21(19,20)8-11-14-15-16-17(11)10-6-4-3-5-7-10/h3-7,9H,8H2,1-2H3,(H,13,18)/t9-/m1/s1. The van der Waals surface area contributed by atoms with Crippen molar-refractivity contribution in [2.45, 2.75) is 17.9 Å². The Morgan fingerprint density at radius 1 is 1.33 bits per heavy atom. The van der Waals surface area contributed by atoms with E-state index in [1.807, 2.05) is 6.07 Å². The molecule has 2 rings (SSSR count). The molecular formula is C12H15N5O3S. The molecule has 0 aliphatic heterocycles. The van der Waals surface area contributed by atoms with E-state index in [9.17, 15) is 13.2 Å². The molecule has 0 spiro atoms. The highest BCUT2D eigenvalue weighted by Gasteiger charge is 2.29. The molecule has 0 aliphatic rings. The average molecular weight is 309 g/mol. The van der Waals surface area contributed by atoms with Crippen LogP contribution < -0.4 is 5.32 Å². The molecule has 0 saturated heterocycles. The van der Waals surface area contributed by atoms with Gasteiger partial charge >= 0.3 is 0 Å². The minimum Gasteiger partial charge on any atom is -0.358 e. The summed E-state index contributed by atoms with van der Waals surface area (Å²) >= 11 is 0. The van der Waals surface area contributed by atoms with E-state index in [2.05, 4.69) is 20.8 Å². The molecule has 1 amide bonds. The zero-order valence-electron chi connectivity index (χ0n) is 11.6. The third kappa shape index (κ3) is 3.24. The van der Waals surface area contributed by atoms with E-state index in [1.54, 1.807) is 24.3 Å². The summed E-state index contributed by atoms with van der Waals surface area (Å²) in [5.74, 6) is -0.811. The lowest BCUT2D eigenvalue weighted by Gasteiger charge is -2.11. The lowest BCUT2D eigenvalue weighted by molar-refractivity contribution is -0.119. The molecule has 8 nitrogen and oxygen atoms in total. The summed E-state index contributed by atoms with van der Waals surface area (Å²) in [5, 5.41) is 12.2. The molecule has 1 aromatic carbocycles. The van der Waals surface area contributed by atoms with Gasteiger partial charge in [0.15, 0.2) is 15.7 Å². The molecule has 0 fully saturated rings. The van der Waals surface area contributed by atoms with Crippen LogP contribution in [0.3, 0.4) is 0 Å². The maximum absolute atomic E-state index is 12.2. The van der Waals surface area contributed by atoms with Gasteiger partial charge in [-0.05, 0) is 29.5 Å². The van der Waals surface area contributed by atoms with Crippen molar-refractivity contribution in [3.05, 3.63) is 36.2 Å². The van der Waals surface area contributed by atoms with Crippen LogP contribution in [0.15, 0.2) is 30.3 Å². The quantitative estimate of drug-likeness (QED) is 0.813. The first-order valence-electron chi connectivity index (χ1n) is 6.21. The second-order valence-electron chi connectivity index (χ2n) is 4.41. The third-order valence-electron chi connectivity index (χ3n) is 3.02. The van der Waals surface area contributed by atoms with Crippen molar-refractivity contribution in [2.75, 3.05) is 7.05 Å². The van der Waals surface area contributed by atoms with E-state index in [0.717, 1.165) is 0 Å². The van der Waals surface area contributed by atoms with Gasteiger partial charge in [-0.15, -0.1) is 5.10 Å². The zero-order valence-corrected chi connectivity index (χ0v) is 12.4. The molecule has 0 aliphatic carbocycles. The van der Waals surface area contributed by atoms with Crippen LogP contribution in [0, 0.1) is 0 Å². The number of nitrogens with one attached hydrogen (secondary N) is 1. The van der Waals surface area contributed by atoms with Crippen LogP contribution in [-0.2, 0) is 20.4 Å². The Bertz CT molecular complexity index is 726. The molecule has 2 aromatic rings. The number of hydrogen-bond acceptors (Lipinski definition) is 6. The number of amides is 1. The summed E-state index contributed by atoms with van der Waals surface area (Å²) in [6.45, 7) is 1.34. The van der Waals surface area contributed by atoms with Crippen LogP contribution in [0.2, 0.25) is 0 Å². The van der Waals surface area contributed by atoms with Gasteiger partial charge in [0.05, 0.1) is 5.69 Å². The van der Waals surface area contributed by atoms with E-state index in [-0.39, 0.29) is 5.82 Å². The Kier molecular flexibility index (Phi) is 4.32. The number of sulfone groups is 1. The lowest BCUT2D eigenvalue weighted by Crippen LogP contribution is -2.36. The summed E-state index contributed by atoms with van der Waals surface area (Å²) in [6.07, 6.45) is 0. The predicted octanol–water partition coefficient (Wildman–Crippen LogP) is -0.288. The molecule has 1 atom stereocenters. The van der Waals surface area contributed by atoms with Crippen LogP contribution >= 0.6 is 0 Å². The minimum absolute atomic E-state index is 0.164. The fourth-order valence-electron chi connectivity index (χ4n) is 1.74. The lowest BCUT2D eigenvalue weighted by atomic mass is 10.3. The van der Waals surface area contributed by atoms with Crippen LogP contribution in [0.25, 0.3) is 5.69 Å². The first kappa shape index (κ1) is 15.1. The molecule has 112 valence electrons. The Morgan fingerprint density at radius 3 is 2.62 bits per heavy atom. The second kappa shape index (κ2) is 6.00. The fourth-order valence-corrected chi connectivity index (χ4v) is 2.97. The van der Waals surface area contributed by atoms with Crippen LogP contribution in [0.4, 0.5) is 0 Å². The number of para-hydroxylation sites is 1. The molecule has 1 aromatic heterocycles. The van der Waals surface area contributed by atoms with Crippen molar-refractivity contribution < 1.29 is 13.2 Å². The van der Waals surface area contributed by atoms with Gasteiger partial charge in [0.2, 0.25) is 5.91 Å². The first-order valence-corrected chi connectivity index (χ1v) is 7.93. The summed E-state index contributed by atoms with van der Waals surface area (Å²) < 4.78 is 25.8. The highest BCUT2D eigenvalue weighted by Crippen LogP contribution is 2.13. The number of benzene rings is 1. The van der Waals surface area contributed by atoms with Gasteiger partial charge in [-0.2, -0.15) is 4.68 Å². The van der Waals surface area contributed by atoms with Crippen LogP contribution in [-0.4, -0.2) is 46.8 Å². The van der Waals surface area contributed by atoms with E-state index < -0.39 is 26.7 Å². The second-order valence-corrected chi connectivity index (χ2v) is 6.73. The molecule has 0 saturated carbocycles. The van der Waals surface area contributed by atoms with Crippen LogP contribution in [0.1, 0.15) is 12.7 Å². The van der Waals surface area contributed by atoms with Gasteiger partial charge < -0.3 is 5.32 Å². The van der Waals surface area contributed by atoms with Crippen LogP contribution in [0.5, 0.6) is 0 Å². The maximum atomic E-state index is 12.2. The van der Waals surface area contributed by atoms with Crippen molar-refractivity contribution in [1.29, 1.82) is 0 Å². The van der Waals surface area contributed by atoms with Gasteiger partial charge in [-0.3, -0.25) is 4.79 Å². The van der Waals surface area contributed by atoms with E-state index in [4.69, 9.17) is 0 Å². The summed E-state index contributed by atoms with van der Waals surface area (Å²) in [7, 11) is -2.31. The number of carbonyl (C=O) groups is 1. The minimum atomic E-state index is -3.70. The Hall–Kier alpha value is -2.29. The molecule has 0 radical (unpaired) electrons. The third-order valence-corrected chi connectivity index (χ3v) is 4.97. The molecule has 1 N–H and O–H groups in total. The van der Waals surface area contributed by atoms with Gasteiger partial charge in [-0.25, -0.2) is 8.42 Å². The zero-order chi connectivity index (χ0) is 15.5. The summed E-state index contributed by atoms with van der Waals surface area (Å²) in [6, 6.07) is 8.94. The number of hydrogen-bond donors (Lipinski definition) is 1. The molecule has 9 heteroatoms. The van der Waals surface area contributed by atoms with Crippen molar-refractivity contribution >= 4 is 15.7 Å². The van der Waals surface area contributed by atoms with Gasteiger partial charge in [-0.1, -0.05) is 18.2 Å². The van der Waals surface area contributed by atoms with Crippen molar-refractivity contribution in [3.63, 3.8) is 0 Å². The molecular weight excluding hydrogens is 294 g/mol. The maximum Gasteiger partial charge on any atom is 0.237 e. The Morgan fingerprint density at radius 2 is 2.00 bits per heavy atom. The van der Waals surface area contributed by atoms with Crippen molar-refractivity contribution in [3.8, 4) is 5.69 Å². The summed E-state index contributed by atoms with van der Waals surface area (Å²) in [5.41, 5.74) is 0.653. The monoisotopic (exact) mass is 309 g/mol. The molecule has 0 bridgehead atoms. The Balaban J connectivity index is 2.30. The SMILES string of the molecule is CNC(=O)[C@@H](C)S(=O)(=O)Cc1nnnn1-c1ccccc1. The predicted molar refractivity (Wildman–Crippen MR) is 75.3 cm³/mol. The van der Waals surface area contributed by atoms with Crippen molar-refractivity contribution in [1.82, 2.24) is 25.5 Å². The summed E-state index contributed by atoms with van der Waals surface area (Å²) in [4.78, 5) is 11.5. The van der Waals surface area contributed by atoms with E-state index >= 15 is 0 Å². The van der Waals surface area contributed by atoms with Crippen molar-refractivity contribution in [2.24, 2.45) is 0 Å². The first-order chi connectivity index (χ1) is 9.95. The molecule has 1 heterocycles. The Labute approximate surface area is 122 Å². The van der Waals surface area contributed by atoms with Gasteiger partial charge in [0.25, 0.3) is 0 Å². The topological polar surface area (TPSA) is 107 Å². The largest absolute Gasteiger partial charge is 0.358 e. The average Bonchev–Trinajstić information content (AvgIpc) is 2.93. The smallest absolute Gasteiger partial charge is 0.237 e. The fraction of sp³-hybridized carbons (Fsp3) is 0.333. The van der Waals surface area contributed by atoms with Gasteiger partial charge in [0, 0.05) is 7.05 Å². The molecule has 21 heavy (non-hydrogen) atoms. The number of rotatable bonds is 5. The number of tetrazole rings is 1. The van der Waals surface area contributed by atoms with E-state index in [1.165, 1.54) is 18.7 Å². The number of nitrogens with zero attached hydrogens (tertiary/aromatic N) is 4. The number of aromatic nitrogens is 4. The highest BCUT2D eigenvalue weighted by molar-refractivity contribution is 7.92. The molecule has 0 unspecified atom stereocenters. The van der Waals surface area contributed by atoms with Gasteiger partial charge in [0.1, 0.15) is 11.0 Å². The van der Waals surface area contributed by atoms with E-state index in [0.29, 0.717) is 5.69 Å². The normalized spacial score (nSPS) is 12.9. The number of carbonyl (C=O) groups excluding carboxylic acids is 1. The highest BCUT2D eigenvalue weighted by atomic mass is 32.2.